The molecule has 0 saturated heterocycles. The first-order chi connectivity index (χ1) is 16.6. The van der Waals surface area contributed by atoms with Crippen molar-refractivity contribution in [3.63, 3.8) is 0 Å². The van der Waals surface area contributed by atoms with Crippen molar-refractivity contribution in [2.75, 3.05) is 13.7 Å². The number of carbonyl (C=O) groups excluding carboxylic acids is 2. The monoisotopic (exact) mass is 467 g/mol. The zero-order chi connectivity index (χ0) is 24.4. The Morgan fingerprint density at radius 1 is 0.912 bits per heavy atom. The molecule has 2 N–H and O–H groups in total. The van der Waals surface area contributed by atoms with Gasteiger partial charge >= 0.3 is 0 Å². The number of rotatable bonds is 16. The SMILES string of the molecule is CCCCCCCCCC(=O)NCC(=O)N/N=C/c1ccc(OCc2ccccc2)c(OC)c1. The molecule has 184 valence electrons. The van der Waals surface area contributed by atoms with E-state index in [2.05, 4.69) is 22.8 Å². The second-order valence-electron chi connectivity index (χ2n) is 8.13. The van der Waals surface area contributed by atoms with Gasteiger partial charge in [0.15, 0.2) is 11.5 Å². The highest BCUT2D eigenvalue weighted by molar-refractivity contribution is 5.86. The molecule has 0 aromatic heterocycles. The van der Waals surface area contributed by atoms with Crippen LogP contribution in [0.25, 0.3) is 0 Å². The molecule has 0 saturated carbocycles. The maximum absolute atomic E-state index is 11.9. The molecule has 2 aromatic rings. The summed E-state index contributed by atoms with van der Waals surface area (Å²) in [6.07, 6.45) is 10.0. The van der Waals surface area contributed by atoms with Crippen molar-refractivity contribution in [3.8, 4) is 11.5 Å². The van der Waals surface area contributed by atoms with Crippen LogP contribution in [0, 0.1) is 0 Å². The van der Waals surface area contributed by atoms with Crippen LogP contribution in [0.4, 0.5) is 0 Å². The van der Waals surface area contributed by atoms with Gasteiger partial charge in [-0.3, -0.25) is 9.59 Å². The number of hydrogen-bond donors (Lipinski definition) is 2. The molecule has 0 spiro atoms. The average molecular weight is 468 g/mol. The first-order valence-electron chi connectivity index (χ1n) is 12.1. The van der Waals surface area contributed by atoms with Crippen LogP contribution in [0.5, 0.6) is 11.5 Å². The fraction of sp³-hybridized carbons (Fsp3) is 0.444. The van der Waals surface area contributed by atoms with Gasteiger partial charge in [-0.2, -0.15) is 5.10 Å². The number of benzene rings is 2. The minimum Gasteiger partial charge on any atom is -0.493 e. The van der Waals surface area contributed by atoms with Crippen LogP contribution in [-0.2, 0) is 16.2 Å². The molecule has 34 heavy (non-hydrogen) atoms. The van der Waals surface area contributed by atoms with Gasteiger partial charge in [0.25, 0.3) is 5.91 Å². The molecule has 0 aliphatic carbocycles. The number of amides is 2. The number of carbonyl (C=O) groups is 2. The fourth-order valence-electron chi connectivity index (χ4n) is 3.35. The third-order valence-electron chi connectivity index (χ3n) is 5.28. The van der Waals surface area contributed by atoms with Crippen molar-refractivity contribution in [1.82, 2.24) is 10.7 Å². The van der Waals surface area contributed by atoms with Gasteiger partial charge in [-0.05, 0) is 35.7 Å². The highest BCUT2D eigenvalue weighted by atomic mass is 16.5. The smallest absolute Gasteiger partial charge is 0.259 e. The van der Waals surface area contributed by atoms with E-state index in [-0.39, 0.29) is 18.4 Å². The summed E-state index contributed by atoms with van der Waals surface area (Å²) in [5.74, 6) is 0.711. The van der Waals surface area contributed by atoms with E-state index in [4.69, 9.17) is 9.47 Å². The van der Waals surface area contributed by atoms with E-state index in [0.717, 1.165) is 30.4 Å². The summed E-state index contributed by atoms with van der Waals surface area (Å²) in [6.45, 7) is 2.54. The molecule has 7 heteroatoms. The Morgan fingerprint density at radius 2 is 1.65 bits per heavy atom. The van der Waals surface area contributed by atoms with E-state index in [9.17, 15) is 9.59 Å². The number of hydrogen-bond acceptors (Lipinski definition) is 5. The standard InChI is InChI=1S/C27H37N3O4/c1-3-4-5-6-7-8-12-15-26(31)28-20-27(32)30-29-19-23-16-17-24(25(18-23)33-2)34-21-22-13-10-9-11-14-22/h9-11,13-14,16-19H,3-8,12,15,20-21H2,1-2H3,(H,28,31)(H,30,32)/b29-19+. The van der Waals surface area contributed by atoms with Crippen LogP contribution in [0.1, 0.15) is 69.4 Å². The Hall–Kier alpha value is -3.35. The summed E-state index contributed by atoms with van der Waals surface area (Å²) in [5, 5.41) is 6.59. The largest absolute Gasteiger partial charge is 0.493 e. The number of methoxy groups -OCH3 is 1. The number of nitrogens with one attached hydrogen (secondary N) is 2. The van der Waals surface area contributed by atoms with Crippen molar-refractivity contribution in [2.45, 2.75) is 64.9 Å². The molecule has 0 aliphatic heterocycles. The zero-order valence-corrected chi connectivity index (χ0v) is 20.3. The van der Waals surface area contributed by atoms with E-state index in [1.54, 1.807) is 19.2 Å². The van der Waals surface area contributed by atoms with Crippen molar-refractivity contribution in [1.29, 1.82) is 0 Å². The van der Waals surface area contributed by atoms with Crippen molar-refractivity contribution in [3.05, 3.63) is 59.7 Å². The Balaban J connectivity index is 1.67. The van der Waals surface area contributed by atoms with Gasteiger partial charge in [-0.15, -0.1) is 0 Å². The van der Waals surface area contributed by atoms with Crippen LogP contribution < -0.4 is 20.2 Å². The van der Waals surface area contributed by atoms with Crippen molar-refractivity contribution >= 4 is 18.0 Å². The van der Waals surface area contributed by atoms with Crippen LogP contribution in [0.3, 0.4) is 0 Å². The Morgan fingerprint density at radius 3 is 2.38 bits per heavy atom. The quantitative estimate of drug-likeness (QED) is 0.207. The molecule has 0 atom stereocenters. The molecule has 0 aliphatic rings. The highest BCUT2D eigenvalue weighted by Crippen LogP contribution is 2.28. The second-order valence-corrected chi connectivity index (χ2v) is 8.13. The summed E-state index contributed by atoms with van der Waals surface area (Å²) in [5.41, 5.74) is 4.23. The lowest BCUT2D eigenvalue weighted by Crippen LogP contribution is -2.34. The summed E-state index contributed by atoms with van der Waals surface area (Å²) >= 11 is 0. The van der Waals surface area contributed by atoms with Crippen molar-refractivity contribution in [2.24, 2.45) is 5.10 Å². The number of ether oxygens (including phenoxy) is 2. The Kier molecular flexibility index (Phi) is 12.9. The molecule has 0 bridgehead atoms. The predicted molar refractivity (Wildman–Crippen MR) is 135 cm³/mol. The van der Waals surface area contributed by atoms with Crippen molar-refractivity contribution < 1.29 is 19.1 Å². The molecule has 2 rings (SSSR count). The number of hydrazone groups is 1. The molecule has 0 unspecified atom stereocenters. The van der Waals surface area contributed by atoms with E-state index in [1.807, 2.05) is 36.4 Å². The molecule has 2 amide bonds. The van der Waals surface area contributed by atoms with E-state index in [0.29, 0.717) is 24.5 Å². The number of nitrogens with zero attached hydrogens (tertiary/aromatic N) is 1. The first kappa shape index (κ1) is 26.9. The fourth-order valence-corrected chi connectivity index (χ4v) is 3.35. The minimum absolute atomic E-state index is 0.0950. The van der Waals surface area contributed by atoms with Crippen LogP contribution in [-0.4, -0.2) is 31.7 Å². The van der Waals surface area contributed by atoms with Gasteiger partial charge < -0.3 is 14.8 Å². The van der Waals surface area contributed by atoms with Crippen LogP contribution in [0.15, 0.2) is 53.6 Å². The van der Waals surface area contributed by atoms with Crippen LogP contribution >= 0.6 is 0 Å². The lowest BCUT2D eigenvalue weighted by molar-refractivity contribution is -0.126. The molecule has 7 nitrogen and oxygen atoms in total. The first-order valence-corrected chi connectivity index (χ1v) is 12.1. The topological polar surface area (TPSA) is 89.0 Å². The maximum atomic E-state index is 11.9. The average Bonchev–Trinajstić information content (AvgIpc) is 2.86. The van der Waals surface area contributed by atoms with E-state index in [1.165, 1.54) is 31.9 Å². The zero-order valence-electron chi connectivity index (χ0n) is 20.3. The Labute approximate surface area is 202 Å². The van der Waals surface area contributed by atoms with Gasteiger partial charge in [-0.25, -0.2) is 5.43 Å². The molecular formula is C27H37N3O4. The van der Waals surface area contributed by atoms with Crippen LogP contribution in [0.2, 0.25) is 0 Å². The molecule has 0 radical (unpaired) electrons. The van der Waals surface area contributed by atoms with E-state index >= 15 is 0 Å². The lowest BCUT2D eigenvalue weighted by atomic mass is 10.1. The molecular weight excluding hydrogens is 430 g/mol. The summed E-state index contributed by atoms with van der Waals surface area (Å²) in [6, 6.07) is 15.3. The lowest BCUT2D eigenvalue weighted by Gasteiger charge is -2.11. The Bertz CT molecular complexity index is 900. The third-order valence-corrected chi connectivity index (χ3v) is 5.28. The normalized spacial score (nSPS) is 10.8. The van der Waals surface area contributed by atoms with Gasteiger partial charge in [0.05, 0.1) is 19.9 Å². The van der Waals surface area contributed by atoms with Gasteiger partial charge in [0.2, 0.25) is 5.91 Å². The third kappa shape index (κ3) is 11.0. The molecule has 0 heterocycles. The molecule has 2 aromatic carbocycles. The number of unbranched alkanes of at least 4 members (excludes halogenated alkanes) is 6. The molecule has 0 fully saturated rings. The summed E-state index contributed by atoms with van der Waals surface area (Å²) in [4.78, 5) is 23.8. The summed E-state index contributed by atoms with van der Waals surface area (Å²) in [7, 11) is 1.57. The maximum Gasteiger partial charge on any atom is 0.259 e. The highest BCUT2D eigenvalue weighted by Gasteiger charge is 2.07. The predicted octanol–water partition coefficient (Wildman–Crippen LogP) is 4.98. The summed E-state index contributed by atoms with van der Waals surface area (Å²) < 4.78 is 11.3. The minimum atomic E-state index is -0.376. The second kappa shape index (κ2) is 16.3. The van der Waals surface area contributed by atoms with Gasteiger partial charge in [0, 0.05) is 6.42 Å². The van der Waals surface area contributed by atoms with Gasteiger partial charge in [0.1, 0.15) is 6.61 Å². The van der Waals surface area contributed by atoms with Gasteiger partial charge in [-0.1, -0.05) is 75.8 Å². The van der Waals surface area contributed by atoms with E-state index < -0.39 is 0 Å².